The largest absolute Gasteiger partial charge is 0.336 e. The molecule has 3 rings (SSSR count). The summed E-state index contributed by atoms with van der Waals surface area (Å²) < 4.78 is 0. The zero-order valence-corrected chi connectivity index (χ0v) is 14.7. The van der Waals surface area contributed by atoms with Crippen molar-refractivity contribution in [2.75, 3.05) is 24.2 Å². The number of hydrogen-bond donors (Lipinski definition) is 2. The van der Waals surface area contributed by atoms with Crippen molar-refractivity contribution in [1.29, 1.82) is 0 Å². The molecule has 5 nitrogen and oxygen atoms in total. The van der Waals surface area contributed by atoms with Crippen LogP contribution < -0.4 is 11.1 Å². The summed E-state index contributed by atoms with van der Waals surface area (Å²) in [6.45, 7) is 3.40. The van der Waals surface area contributed by atoms with Crippen LogP contribution >= 0.6 is 24.2 Å². The van der Waals surface area contributed by atoms with Crippen molar-refractivity contribution in [3.05, 3.63) is 23.8 Å². The van der Waals surface area contributed by atoms with Crippen LogP contribution in [0.1, 0.15) is 30.1 Å². The minimum Gasteiger partial charge on any atom is -0.336 e. The first-order chi connectivity index (χ1) is 10.6. The highest BCUT2D eigenvalue weighted by Crippen LogP contribution is 2.32. The average molecular weight is 356 g/mol. The molecule has 0 aliphatic carbocycles. The van der Waals surface area contributed by atoms with Gasteiger partial charge < -0.3 is 16.0 Å². The molecule has 1 saturated heterocycles. The van der Waals surface area contributed by atoms with E-state index >= 15 is 0 Å². The molecule has 7 heteroatoms. The monoisotopic (exact) mass is 355 g/mol. The molecule has 2 heterocycles. The zero-order valence-electron chi connectivity index (χ0n) is 13.1. The lowest BCUT2D eigenvalue weighted by Crippen LogP contribution is -2.34. The third-order valence-electron chi connectivity index (χ3n) is 4.34. The van der Waals surface area contributed by atoms with Crippen LogP contribution in [0.3, 0.4) is 0 Å². The van der Waals surface area contributed by atoms with E-state index in [4.69, 9.17) is 5.73 Å². The van der Waals surface area contributed by atoms with E-state index in [1.165, 1.54) is 0 Å². The van der Waals surface area contributed by atoms with Crippen LogP contribution in [0.15, 0.2) is 23.1 Å². The second-order valence-electron chi connectivity index (χ2n) is 6.00. The number of likely N-dealkylation sites (tertiary alicyclic amines) is 1. The lowest BCUT2D eigenvalue weighted by atomic mass is 10.1. The van der Waals surface area contributed by atoms with Gasteiger partial charge in [-0.05, 0) is 44.0 Å². The second-order valence-corrected chi connectivity index (χ2v) is 7.14. The zero-order chi connectivity index (χ0) is 15.7. The Labute approximate surface area is 146 Å². The molecule has 2 aliphatic rings. The fourth-order valence-electron chi connectivity index (χ4n) is 3.11. The number of thioether (sulfide) groups is 1. The first-order valence-corrected chi connectivity index (χ1v) is 8.64. The Bertz CT molecular complexity index is 611. The Morgan fingerprint density at radius 2 is 2.26 bits per heavy atom. The van der Waals surface area contributed by atoms with E-state index in [9.17, 15) is 9.59 Å². The molecule has 1 aromatic rings. The maximum absolute atomic E-state index is 12.7. The van der Waals surface area contributed by atoms with Gasteiger partial charge in [0, 0.05) is 35.2 Å². The molecule has 0 aromatic heterocycles. The van der Waals surface area contributed by atoms with E-state index in [0.717, 1.165) is 22.8 Å². The van der Waals surface area contributed by atoms with Crippen LogP contribution in [0.5, 0.6) is 0 Å². The Morgan fingerprint density at radius 3 is 2.96 bits per heavy atom. The smallest absolute Gasteiger partial charge is 0.254 e. The Hall–Kier alpha value is -1.24. The van der Waals surface area contributed by atoms with Crippen molar-refractivity contribution in [3.8, 4) is 0 Å². The molecule has 1 aromatic carbocycles. The van der Waals surface area contributed by atoms with Crippen LogP contribution in [0.4, 0.5) is 5.69 Å². The molecular formula is C16H22ClN3O2S. The molecule has 2 unspecified atom stereocenters. The Kier molecular flexibility index (Phi) is 5.95. The van der Waals surface area contributed by atoms with Gasteiger partial charge in [-0.1, -0.05) is 0 Å². The maximum Gasteiger partial charge on any atom is 0.254 e. The standard InChI is InChI=1S/C16H21N3O2S.ClH/c1-10-6-11(8-17)9-19(10)16(21)12-2-3-14-13(7-12)18-15(20)4-5-22-14;/h2-3,7,10-11H,4-6,8-9,17H2,1H3,(H,18,20);1H. The summed E-state index contributed by atoms with van der Waals surface area (Å²) in [7, 11) is 0. The molecule has 2 aliphatic heterocycles. The number of nitrogens with one attached hydrogen (secondary N) is 1. The van der Waals surface area contributed by atoms with Gasteiger partial charge in [0.2, 0.25) is 5.91 Å². The van der Waals surface area contributed by atoms with Gasteiger partial charge in [-0.15, -0.1) is 24.2 Å². The highest BCUT2D eigenvalue weighted by atomic mass is 35.5. The lowest BCUT2D eigenvalue weighted by molar-refractivity contribution is -0.115. The first kappa shape index (κ1) is 18.1. The van der Waals surface area contributed by atoms with E-state index in [1.807, 2.05) is 17.0 Å². The lowest BCUT2D eigenvalue weighted by Gasteiger charge is -2.22. The number of nitrogens with zero attached hydrogens (tertiary/aromatic N) is 1. The van der Waals surface area contributed by atoms with Crippen molar-refractivity contribution < 1.29 is 9.59 Å². The summed E-state index contributed by atoms with van der Waals surface area (Å²) >= 11 is 1.65. The fourth-order valence-corrected chi connectivity index (χ4v) is 4.05. The van der Waals surface area contributed by atoms with E-state index in [-0.39, 0.29) is 30.3 Å². The SMILES string of the molecule is CC1CC(CN)CN1C(=O)c1ccc2c(c1)NC(=O)CCS2.Cl. The molecule has 126 valence electrons. The number of nitrogens with two attached hydrogens (primary N) is 1. The summed E-state index contributed by atoms with van der Waals surface area (Å²) in [5.74, 6) is 1.19. The van der Waals surface area contributed by atoms with Gasteiger partial charge in [0.25, 0.3) is 5.91 Å². The molecule has 3 N–H and O–H groups in total. The first-order valence-electron chi connectivity index (χ1n) is 7.66. The number of hydrogen-bond acceptors (Lipinski definition) is 4. The van der Waals surface area contributed by atoms with Gasteiger partial charge in [-0.3, -0.25) is 9.59 Å². The minimum absolute atomic E-state index is 0. The summed E-state index contributed by atoms with van der Waals surface area (Å²) in [5, 5.41) is 2.89. The quantitative estimate of drug-likeness (QED) is 0.853. The van der Waals surface area contributed by atoms with Crippen LogP contribution in [-0.4, -0.2) is 41.6 Å². The number of amides is 2. The number of carbonyl (C=O) groups is 2. The molecule has 2 atom stereocenters. The number of fused-ring (bicyclic) bond motifs is 1. The van der Waals surface area contributed by atoms with Crippen LogP contribution in [0, 0.1) is 5.92 Å². The number of carbonyl (C=O) groups excluding carboxylic acids is 2. The van der Waals surface area contributed by atoms with Gasteiger partial charge in [0.15, 0.2) is 0 Å². The summed E-state index contributed by atoms with van der Waals surface area (Å²) in [6, 6.07) is 5.80. The predicted octanol–water partition coefficient (Wildman–Crippen LogP) is 2.35. The number of rotatable bonds is 2. The van der Waals surface area contributed by atoms with Gasteiger partial charge in [0.1, 0.15) is 0 Å². The number of anilines is 1. The predicted molar refractivity (Wildman–Crippen MR) is 95.3 cm³/mol. The molecule has 2 amide bonds. The van der Waals surface area contributed by atoms with Crippen LogP contribution in [-0.2, 0) is 4.79 Å². The summed E-state index contributed by atoms with van der Waals surface area (Å²) in [4.78, 5) is 27.3. The molecular weight excluding hydrogens is 334 g/mol. The van der Waals surface area contributed by atoms with Gasteiger partial charge in [0.05, 0.1) is 5.69 Å². The van der Waals surface area contributed by atoms with Gasteiger partial charge in [-0.2, -0.15) is 0 Å². The van der Waals surface area contributed by atoms with Gasteiger partial charge >= 0.3 is 0 Å². The van der Waals surface area contributed by atoms with Crippen molar-refractivity contribution in [1.82, 2.24) is 4.90 Å². The topological polar surface area (TPSA) is 75.4 Å². The molecule has 0 bridgehead atoms. The number of halogens is 1. The molecule has 0 spiro atoms. The third-order valence-corrected chi connectivity index (χ3v) is 5.42. The van der Waals surface area contributed by atoms with E-state index in [0.29, 0.717) is 31.0 Å². The van der Waals surface area contributed by atoms with Crippen molar-refractivity contribution >= 4 is 41.7 Å². The molecule has 0 radical (unpaired) electrons. The second kappa shape index (κ2) is 7.55. The van der Waals surface area contributed by atoms with E-state index in [2.05, 4.69) is 12.2 Å². The van der Waals surface area contributed by atoms with Crippen LogP contribution in [0.25, 0.3) is 0 Å². The highest BCUT2D eigenvalue weighted by molar-refractivity contribution is 7.99. The van der Waals surface area contributed by atoms with Crippen molar-refractivity contribution in [2.45, 2.75) is 30.7 Å². The van der Waals surface area contributed by atoms with Crippen molar-refractivity contribution in [2.24, 2.45) is 11.7 Å². The minimum atomic E-state index is 0. The van der Waals surface area contributed by atoms with Crippen LogP contribution in [0.2, 0.25) is 0 Å². The summed E-state index contributed by atoms with van der Waals surface area (Å²) in [5.41, 5.74) is 7.11. The summed E-state index contributed by atoms with van der Waals surface area (Å²) in [6.07, 6.45) is 1.46. The van der Waals surface area contributed by atoms with Gasteiger partial charge in [-0.25, -0.2) is 0 Å². The molecule has 23 heavy (non-hydrogen) atoms. The molecule has 0 saturated carbocycles. The average Bonchev–Trinajstić information content (AvgIpc) is 2.78. The molecule has 1 fully saturated rings. The highest BCUT2D eigenvalue weighted by Gasteiger charge is 2.32. The Morgan fingerprint density at radius 1 is 1.48 bits per heavy atom. The van der Waals surface area contributed by atoms with E-state index < -0.39 is 0 Å². The number of benzene rings is 1. The third kappa shape index (κ3) is 3.82. The Balaban J connectivity index is 0.00000192. The maximum atomic E-state index is 12.7. The fraction of sp³-hybridized carbons (Fsp3) is 0.500. The van der Waals surface area contributed by atoms with E-state index in [1.54, 1.807) is 17.8 Å². The normalized spacial score (nSPS) is 23.6. The van der Waals surface area contributed by atoms with Crippen molar-refractivity contribution in [3.63, 3.8) is 0 Å².